The molecule has 0 aliphatic heterocycles. The van der Waals surface area contributed by atoms with Gasteiger partial charge in [-0.05, 0) is 18.9 Å². The Morgan fingerprint density at radius 2 is 2.27 bits per heavy atom. The molecule has 2 N–H and O–H groups in total. The quantitative estimate of drug-likeness (QED) is 0.830. The number of ether oxygens (including phenoxy) is 1. The van der Waals surface area contributed by atoms with E-state index >= 15 is 0 Å². The molecule has 15 heavy (non-hydrogen) atoms. The van der Waals surface area contributed by atoms with Crippen molar-refractivity contribution in [2.75, 3.05) is 7.11 Å². The van der Waals surface area contributed by atoms with Crippen LogP contribution in [0, 0.1) is 0 Å². The third-order valence-electron chi connectivity index (χ3n) is 2.50. The molecule has 0 saturated heterocycles. The molecule has 82 valence electrons. The molecule has 0 aromatic heterocycles. The Hall–Kier alpha value is -0.930. The van der Waals surface area contributed by atoms with Gasteiger partial charge in [0.15, 0.2) is 11.5 Å². The number of hydrogen-bond acceptors (Lipinski definition) is 3. The molecule has 1 fully saturated rings. The standard InChI is InChI=1S/C11H14ClNO2/c1-15-10-5-8(12)4-7(11(10)14)6-13-9-2-3-9/h4-5,9,13-14H,2-3,6H2,1H3. The largest absolute Gasteiger partial charge is 0.504 e. The molecular formula is C11H14ClNO2. The zero-order valence-corrected chi connectivity index (χ0v) is 9.34. The Bertz CT molecular complexity index is 364. The highest BCUT2D eigenvalue weighted by molar-refractivity contribution is 6.30. The first-order valence-corrected chi connectivity index (χ1v) is 5.37. The summed E-state index contributed by atoms with van der Waals surface area (Å²) in [6, 6.07) is 3.97. The summed E-state index contributed by atoms with van der Waals surface area (Å²) in [5, 5.41) is 13.7. The van der Waals surface area contributed by atoms with E-state index in [-0.39, 0.29) is 5.75 Å². The number of aromatic hydroxyl groups is 1. The van der Waals surface area contributed by atoms with Crippen molar-refractivity contribution in [3.8, 4) is 11.5 Å². The van der Waals surface area contributed by atoms with Gasteiger partial charge in [-0.2, -0.15) is 0 Å². The molecule has 0 unspecified atom stereocenters. The van der Waals surface area contributed by atoms with E-state index in [0.29, 0.717) is 23.4 Å². The minimum Gasteiger partial charge on any atom is -0.504 e. The molecule has 0 heterocycles. The van der Waals surface area contributed by atoms with Crippen LogP contribution < -0.4 is 10.1 Å². The minimum absolute atomic E-state index is 0.176. The van der Waals surface area contributed by atoms with Crippen molar-refractivity contribution in [1.82, 2.24) is 5.32 Å². The fourth-order valence-electron chi connectivity index (χ4n) is 1.46. The maximum Gasteiger partial charge on any atom is 0.162 e. The molecule has 0 amide bonds. The van der Waals surface area contributed by atoms with Crippen molar-refractivity contribution in [3.05, 3.63) is 22.7 Å². The first-order valence-electron chi connectivity index (χ1n) is 4.99. The summed E-state index contributed by atoms with van der Waals surface area (Å²) in [5.74, 6) is 0.602. The maximum absolute atomic E-state index is 9.82. The number of nitrogens with one attached hydrogen (secondary N) is 1. The van der Waals surface area contributed by atoms with E-state index < -0.39 is 0 Å². The van der Waals surface area contributed by atoms with E-state index in [0.717, 1.165) is 5.56 Å². The molecule has 0 atom stereocenters. The molecule has 1 saturated carbocycles. The SMILES string of the molecule is COc1cc(Cl)cc(CNC2CC2)c1O. The predicted molar refractivity (Wildman–Crippen MR) is 59.5 cm³/mol. The lowest BCUT2D eigenvalue weighted by Crippen LogP contribution is -2.15. The van der Waals surface area contributed by atoms with Crippen LogP contribution in [-0.4, -0.2) is 18.3 Å². The molecule has 0 radical (unpaired) electrons. The van der Waals surface area contributed by atoms with Gasteiger partial charge in [0.2, 0.25) is 0 Å². The highest BCUT2D eigenvalue weighted by Crippen LogP contribution is 2.33. The molecule has 2 rings (SSSR count). The van der Waals surface area contributed by atoms with Crippen LogP contribution >= 0.6 is 11.6 Å². The number of benzene rings is 1. The number of hydrogen-bond donors (Lipinski definition) is 2. The molecule has 1 aromatic carbocycles. The molecule has 0 bridgehead atoms. The van der Waals surface area contributed by atoms with Gasteiger partial charge in [0.1, 0.15) is 0 Å². The van der Waals surface area contributed by atoms with Gasteiger partial charge in [0.25, 0.3) is 0 Å². The summed E-state index contributed by atoms with van der Waals surface area (Å²) in [6.45, 7) is 0.632. The van der Waals surface area contributed by atoms with Gasteiger partial charge in [-0.3, -0.25) is 0 Å². The lowest BCUT2D eigenvalue weighted by molar-refractivity contribution is 0.369. The van der Waals surface area contributed by atoms with Crippen molar-refractivity contribution in [2.24, 2.45) is 0 Å². The smallest absolute Gasteiger partial charge is 0.162 e. The Balaban J connectivity index is 2.15. The lowest BCUT2D eigenvalue weighted by atomic mass is 10.2. The van der Waals surface area contributed by atoms with Crippen molar-refractivity contribution >= 4 is 11.6 Å². The fourth-order valence-corrected chi connectivity index (χ4v) is 1.69. The van der Waals surface area contributed by atoms with Gasteiger partial charge >= 0.3 is 0 Å². The monoisotopic (exact) mass is 227 g/mol. The number of phenolic OH excluding ortho intramolecular Hbond substituents is 1. The Labute approximate surface area is 94.0 Å². The number of phenols is 1. The highest BCUT2D eigenvalue weighted by Gasteiger charge is 2.21. The Morgan fingerprint density at radius 3 is 2.87 bits per heavy atom. The third-order valence-corrected chi connectivity index (χ3v) is 2.72. The minimum atomic E-state index is 0.176. The highest BCUT2D eigenvalue weighted by atomic mass is 35.5. The van der Waals surface area contributed by atoms with E-state index in [1.165, 1.54) is 20.0 Å². The average Bonchev–Trinajstić information content (AvgIpc) is 3.02. The zero-order chi connectivity index (χ0) is 10.8. The zero-order valence-electron chi connectivity index (χ0n) is 8.59. The van der Waals surface area contributed by atoms with E-state index in [1.54, 1.807) is 12.1 Å². The summed E-state index contributed by atoms with van der Waals surface area (Å²) < 4.78 is 5.03. The van der Waals surface area contributed by atoms with Crippen LogP contribution in [-0.2, 0) is 6.54 Å². The second-order valence-corrected chi connectivity index (χ2v) is 4.21. The summed E-state index contributed by atoms with van der Waals surface area (Å²) in [5.41, 5.74) is 0.784. The van der Waals surface area contributed by atoms with Crippen LogP contribution in [0.15, 0.2) is 12.1 Å². The van der Waals surface area contributed by atoms with Crippen LogP contribution in [0.25, 0.3) is 0 Å². The van der Waals surface area contributed by atoms with Gasteiger partial charge in [0, 0.05) is 29.2 Å². The summed E-state index contributed by atoms with van der Waals surface area (Å²) in [7, 11) is 1.52. The third kappa shape index (κ3) is 2.55. The molecular weight excluding hydrogens is 214 g/mol. The first kappa shape index (κ1) is 10.6. The van der Waals surface area contributed by atoms with Gasteiger partial charge in [0.05, 0.1) is 7.11 Å². The van der Waals surface area contributed by atoms with Gasteiger partial charge in [-0.1, -0.05) is 11.6 Å². The van der Waals surface area contributed by atoms with Crippen LogP contribution in [0.5, 0.6) is 11.5 Å². The van der Waals surface area contributed by atoms with Crippen molar-refractivity contribution in [2.45, 2.75) is 25.4 Å². The molecule has 0 spiro atoms. The lowest BCUT2D eigenvalue weighted by Gasteiger charge is -2.10. The van der Waals surface area contributed by atoms with E-state index in [1.807, 2.05) is 0 Å². The van der Waals surface area contributed by atoms with Gasteiger partial charge in [-0.25, -0.2) is 0 Å². The number of methoxy groups -OCH3 is 1. The molecule has 3 nitrogen and oxygen atoms in total. The second kappa shape index (κ2) is 4.29. The molecule has 1 aromatic rings. The fraction of sp³-hybridized carbons (Fsp3) is 0.455. The van der Waals surface area contributed by atoms with Gasteiger partial charge in [-0.15, -0.1) is 0 Å². The second-order valence-electron chi connectivity index (χ2n) is 3.77. The molecule has 4 heteroatoms. The van der Waals surface area contributed by atoms with Crippen LogP contribution in [0.4, 0.5) is 0 Å². The maximum atomic E-state index is 9.82. The average molecular weight is 228 g/mol. The normalized spacial score (nSPS) is 15.3. The number of halogens is 1. The number of rotatable bonds is 4. The molecule has 1 aliphatic rings. The summed E-state index contributed by atoms with van der Waals surface area (Å²) in [6.07, 6.45) is 2.44. The summed E-state index contributed by atoms with van der Waals surface area (Å²) >= 11 is 5.91. The van der Waals surface area contributed by atoms with E-state index in [2.05, 4.69) is 5.32 Å². The molecule has 1 aliphatic carbocycles. The van der Waals surface area contributed by atoms with Crippen LogP contribution in [0.2, 0.25) is 5.02 Å². The van der Waals surface area contributed by atoms with E-state index in [9.17, 15) is 5.11 Å². The van der Waals surface area contributed by atoms with Crippen LogP contribution in [0.1, 0.15) is 18.4 Å². The van der Waals surface area contributed by atoms with E-state index in [4.69, 9.17) is 16.3 Å². The Kier molecular flexibility index (Phi) is 3.03. The van der Waals surface area contributed by atoms with Crippen molar-refractivity contribution < 1.29 is 9.84 Å². The topological polar surface area (TPSA) is 41.5 Å². The summed E-state index contributed by atoms with van der Waals surface area (Å²) in [4.78, 5) is 0. The first-order chi connectivity index (χ1) is 7.20. The van der Waals surface area contributed by atoms with Crippen molar-refractivity contribution in [1.29, 1.82) is 0 Å². The van der Waals surface area contributed by atoms with Crippen LogP contribution in [0.3, 0.4) is 0 Å². The predicted octanol–water partition coefficient (Wildman–Crippen LogP) is 2.31. The Morgan fingerprint density at radius 1 is 1.53 bits per heavy atom. The van der Waals surface area contributed by atoms with Gasteiger partial charge < -0.3 is 15.2 Å². The van der Waals surface area contributed by atoms with Crippen molar-refractivity contribution in [3.63, 3.8) is 0 Å².